The van der Waals surface area contributed by atoms with Crippen LogP contribution in [-0.2, 0) is 24.8 Å². The fourth-order valence-corrected chi connectivity index (χ4v) is 5.31. The Morgan fingerprint density at radius 3 is 2.60 bits per heavy atom. The van der Waals surface area contributed by atoms with E-state index in [2.05, 4.69) is 10.0 Å². The van der Waals surface area contributed by atoms with Crippen LogP contribution in [0.15, 0.2) is 23.1 Å². The Hall–Kier alpha value is -1.89. The summed E-state index contributed by atoms with van der Waals surface area (Å²) in [6.07, 6.45) is 3.15. The SMILES string of the molecule is CS(=O)(=O)N1CCCC(NC(=O)CCNS(=O)(=O)c2ccc3c(c2)OCCCO3)C1. The first-order chi connectivity index (χ1) is 14.1. The highest BCUT2D eigenvalue weighted by Crippen LogP contribution is 2.31. The van der Waals surface area contributed by atoms with Crippen molar-refractivity contribution < 1.29 is 31.1 Å². The molecule has 1 aromatic rings. The van der Waals surface area contributed by atoms with Gasteiger partial charge in [0.1, 0.15) is 0 Å². The van der Waals surface area contributed by atoms with E-state index in [1.165, 1.54) is 16.4 Å². The first kappa shape index (κ1) is 22.8. The summed E-state index contributed by atoms with van der Waals surface area (Å²) in [5.41, 5.74) is 0. The van der Waals surface area contributed by atoms with E-state index in [4.69, 9.17) is 9.47 Å². The molecular weight excluding hydrogens is 434 g/mol. The zero-order valence-corrected chi connectivity index (χ0v) is 18.4. The molecule has 2 heterocycles. The number of rotatable bonds is 7. The number of fused-ring (bicyclic) bond motifs is 1. The van der Waals surface area contributed by atoms with Crippen LogP contribution < -0.4 is 19.5 Å². The molecule has 1 atom stereocenters. The van der Waals surface area contributed by atoms with Crippen molar-refractivity contribution in [3.8, 4) is 11.5 Å². The van der Waals surface area contributed by atoms with Crippen molar-refractivity contribution in [2.24, 2.45) is 0 Å². The minimum Gasteiger partial charge on any atom is -0.490 e. The van der Waals surface area contributed by atoms with Gasteiger partial charge in [0.25, 0.3) is 0 Å². The molecule has 2 N–H and O–H groups in total. The summed E-state index contributed by atoms with van der Waals surface area (Å²) >= 11 is 0. The molecule has 1 amide bonds. The molecule has 12 heteroatoms. The van der Waals surface area contributed by atoms with E-state index in [9.17, 15) is 21.6 Å². The second-order valence-electron chi connectivity index (χ2n) is 7.33. The van der Waals surface area contributed by atoms with Gasteiger partial charge in [0.05, 0.1) is 24.4 Å². The van der Waals surface area contributed by atoms with Crippen LogP contribution in [0, 0.1) is 0 Å². The van der Waals surface area contributed by atoms with Crippen LogP contribution in [0.4, 0.5) is 0 Å². The van der Waals surface area contributed by atoms with Crippen molar-refractivity contribution in [1.29, 1.82) is 0 Å². The Morgan fingerprint density at radius 2 is 1.87 bits per heavy atom. The average molecular weight is 462 g/mol. The third kappa shape index (κ3) is 6.06. The molecule has 2 aliphatic rings. The van der Waals surface area contributed by atoms with Crippen LogP contribution in [0.1, 0.15) is 25.7 Å². The minimum absolute atomic E-state index is 0.0308. The molecule has 1 unspecified atom stereocenters. The first-order valence-corrected chi connectivity index (χ1v) is 13.1. The highest BCUT2D eigenvalue weighted by atomic mass is 32.2. The number of carbonyl (C=O) groups is 1. The van der Waals surface area contributed by atoms with Crippen molar-refractivity contribution in [2.75, 3.05) is 39.1 Å². The largest absolute Gasteiger partial charge is 0.490 e. The van der Waals surface area contributed by atoms with Crippen LogP contribution in [0.3, 0.4) is 0 Å². The van der Waals surface area contributed by atoms with Gasteiger partial charge in [-0.15, -0.1) is 0 Å². The normalized spacial score (nSPS) is 20.4. The Morgan fingerprint density at radius 1 is 1.13 bits per heavy atom. The van der Waals surface area contributed by atoms with Gasteiger partial charge >= 0.3 is 0 Å². The summed E-state index contributed by atoms with van der Waals surface area (Å²) in [5.74, 6) is 0.541. The predicted molar refractivity (Wildman–Crippen MR) is 109 cm³/mol. The number of carbonyl (C=O) groups excluding carboxylic acids is 1. The number of nitrogens with one attached hydrogen (secondary N) is 2. The number of benzene rings is 1. The smallest absolute Gasteiger partial charge is 0.240 e. The van der Waals surface area contributed by atoms with Crippen LogP contribution in [0.25, 0.3) is 0 Å². The van der Waals surface area contributed by atoms with Crippen molar-refractivity contribution in [1.82, 2.24) is 14.3 Å². The summed E-state index contributed by atoms with van der Waals surface area (Å²) in [4.78, 5) is 12.2. The molecule has 3 rings (SSSR count). The lowest BCUT2D eigenvalue weighted by Crippen LogP contribution is -2.49. The maximum atomic E-state index is 12.5. The van der Waals surface area contributed by atoms with E-state index in [0.717, 1.165) is 6.26 Å². The molecule has 0 radical (unpaired) electrons. The Kier molecular flexibility index (Phi) is 7.22. The monoisotopic (exact) mass is 461 g/mol. The Bertz CT molecular complexity index is 979. The maximum Gasteiger partial charge on any atom is 0.240 e. The van der Waals surface area contributed by atoms with E-state index in [1.807, 2.05) is 0 Å². The summed E-state index contributed by atoms with van der Waals surface area (Å²) in [5, 5.41) is 2.78. The number of piperidine rings is 1. The second-order valence-corrected chi connectivity index (χ2v) is 11.1. The zero-order chi connectivity index (χ0) is 21.8. The molecule has 0 aliphatic carbocycles. The van der Waals surface area contributed by atoms with E-state index in [-0.39, 0.29) is 36.4 Å². The summed E-state index contributed by atoms with van der Waals surface area (Å²) < 4.78 is 63.1. The topological polar surface area (TPSA) is 131 Å². The van der Waals surface area contributed by atoms with Gasteiger partial charge in [-0.1, -0.05) is 0 Å². The maximum absolute atomic E-state index is 12.5. The van der Waals surface area contributed by atoms with Crippen molar-refractivity contribution in [2.45, 2.75) is 36.6 Å². The van der Waals surface area contributed by atoms with Gasteiger partial charge in [-0.3, -0.25) is 4.79 Å². The highest BCUT2D eigenvalue weighted by molar-refractivity contribution is 7.89. The van der Waals surface area contributed by atoms with Crippen molar-refractivity contribution in [3.05, 3.63) is 18.2 Å². The molecule has 0 spiro atoms. The average Bonchev–Trinajstić information content (AvgIpc) is 2.92. The molecule has 1 fully saturated rings. The number of nitrogens with zero attached hydrogens (tertiary/aromatic N) is 1. The van der Waals surface area contributed by atoms with Gasteiger partial charge in [0.2, 0.25) is 26.0 Å². The molecule has 0 saturated carbocycles. The third-order valence-corrected chi connectivity index (χ3v) is 7.62. The number of sulfonamides is 2. The van der Waals surface area contributed by atoms with Crippen LogP contribution in [0.2, 0.25) is 0 Å². The molecule has 0 aromatic heterocycles. The molecule has 168 valence electrons. The molecule has 0 bridgehead atoms. The fraction of sp³-hybridized carbons (Fsp3) is 0.611. The van der Waals surface area contributed by atoms with E-state index in [1.54, 1.807) is 6.07 Å². The van der Waals surface area contributed by atoms with E-state index in [0.29, 0.717) is 50.5 Å². The lowest BCUT2D eigenvalue weighted by molar-refractivity contribution is -0.121. The molecule has 30 heavy (non-hydrogen) atoms. The third-order valence-electron chi connectivity index (χ3n) is 4.89. The predicted octanol–water partition coefficient (Wildman–Crippen LogP) is 0.0565. The molecular formula is C18H27N3O7S2. The van der Waals surface area contributed by atoms with Gasteiger partial charge in [0.15, 0.2) is 11.5 Å². The van der Waals surface area contributed by atoms with Crippen molar-refractivity contribution >= 4 is 26.0 Å². The fourth-order valence-electron chi connectivity index (χ4n) is 3.35. The lowest BCUT2D eigenvalue weighted by Gasteiger charge is -2.31. The van der Waals surface area contributed by atoms with Gasteiger partial charge in [-0.25, -0.2) is 25.9 Å². The highest BCUT2D eigenvalue weighted by Gasteiger charge is 2.27. The summed E-state index contributed by atoms with van der Waals surface area (Å²) in [7, 11) is -7.11. The number of hydrogen-bond acceptors (Lipinski definition) is 7. The Balaban J connectivity index is 1.50. The van der Waals surface area contributed by atoms with Gasteiger partial charge < -0.3 is 14.8 Å². The molecule has 2 aliphatic heterocycles. The number of amides is 1. The lowest BCUT2D eigenvalue weighted by atomic mass is 10.1. The van der Waals surface area contributed by atoms with Crippen LogP contribution in [0.5, 0.6) is 11.5 Å². The number of ether oxygens (including phenoxy) is 2. The Labute approximate surface area is 177 Å². The zero-order valence-electron chi connectivity index (χ0n) is 16.8. The van der Waals surface area contributed by atoms with Gasteiger partial charge in [-0.05, 0) is 25.0 Å². The standard InChI is InChI=1S/C18H27N3O7S2/c1-29(23,24)21-9-2-4-14(13-21)20-18(22)7-8-19-30(25,26)15-5-6-16-17(12-15)28-11-3-10-27-16/h5-6,12,14,19H,2-4,7-11,13H2,1H3,(H,20,22). The summed E-state index contributed by atoms with van der Waals surface area (Å²) in [6, 6.07) is 4.11. The van der Waals surface area contributed by atoms with Crippen LogP contribution >= 0.6 is 0 Å². The quantitative estimate of drug-likeness (QED) is 0.587. The first-order valence-electron chi connectivity index (χ1n) is 9.79. The van der Waals surface area contributed by atoms with Crippen molar-refractivity contribution in [3.63, 3.8) is 0 Å². The minimum atomic E-state index is -3.82. The van der Waals surface area contributed by atoms with Gasteiger partial charge in [0, 0.05) is 44.6 Å². The number of hydrogen-bond donors (Lipinski definition) is 2. The van der Waals surface area contributed by atoms with Crippen LogP contribution in [-0.4, -0.2) is 72.2 Å². The van der Waals surface area contributed by atoms with E-state index >= 15 is 0 Å². The summed E-state index contributed by atoms with van der Waals surface area (Å²) in [6.45, 7) is 1.55. The second kappa shape index (κ2) is 9.50. The molecule has 1 saturated heterocycles. The van der Waals surface area contributed by atoms with Gasteiger partial charge in [-0.2, -0.15) is 0 Å². The molecule has 10 nitrogen and oxygen atoms in total. The van der Waals surface area contributed by atoms with E-state index < -0.39 is 20.0 Å². The molecule has 1 aromatic carbocycles.